The van der Waals surface area contributed by atoms with Gasteiger partial charge in [-0.3, -0.25) is 4.79 Å². The van der Waals surface area contributed by atoms with Gasteiger partial charge in [-0.25, -0.2) is 9.97 Å². The highest BCUT2D eigenvalue weighted by atomic mass is 35.5. The summed E-state index contributed by atoms with van der Waals surface area (Å²) in [6.45, 7) is 1.13. The van der Waals surface area contributed by atoms with Crippen molar-refractivity contribution in [2.75, 3.05) is 25.5 Å². The molecule has 0 radical (unpaired) electrons. The van der Waals surface area contributed by atoms with Crippen molar-refractivity contribution in [3.8, 4) is 0 Å². The van der Waals surface area contributed by atoms with Crippen molar-refractivity contribution in [2.45, 2.75) is 13.0 Å². The summed E-state index contributed by atoms with van der Waals surface area (Å²) in [6.07, 6.45) is 2.31. The molecule has 0 atom stereocenters. The molecule has 1 aromatic carbocycles. The first-order valence-corrected chi connectivity index (χ1v) is 8.49. The largest absolute Gasteiger partial charge is 0.362 e. The second kappa shape index (κ2) is 6.04. The van der Waals surface area contributed by atoms with Crippen LogP contribution in [0.3, 0.4) is 0 Å². The van der Waals surface area contributed by atoms with Gasteiger partial charge >= 0.3 is 0 Å². The van der Waals surface area contributed by atoms with Gasteiger partial charge < -0.3 is 14.8 Å². The van der Waals surface area contributed by atoms with Gasteiger partial charge in [-0.2, -0.15) is 0 Å². The standard InChI is InChI=1S/C18H18ClN5O/c1-23(2)17-11-6-7-24(9-16(11)20-10-21-17)18(25)15-8-12-13(19)4-3-5-14(12)22-15/h3-5,8,10,22H,6-7,9H2,1-2H3. The van der Waals surface area contributed by atoms with Crippen LogP contribution >= 0.6 is 11.6 Å². The number of carbonyl (C=O) groups excluding carboxylic acids is 1. The topological polar surface area (TPSA) is 65.1 Å². The van der Waals surface area contributed by atoms with E-state index in [1.54, 1.807) is 6.33 Å². The maximum absolute atomic E-state index is 12.9. The molecule has 1 aliphatic heterocycles. The molecule has 128 valence electrons. The summed E-state index contributed by atoms with van der Waals surface area (Å²) in [5.74, 6) is 0.887. The van der Waals surface area contributed by atoms with Crippen molar-refractivity contribution < 1.29 is 4.79 Å². The average molecular weight is 356 g/mol. The third-order valence-electron chi connectivity index (χ3n) is 4.54. The van der Waals surface area contributed by atoms with E-state index in [1.807, 2.05) is 48.2 Å². The molecule has 0 unspecified atom stereocenters. The number of nitrogens with one attached hydrogen (secondary N) is 1. The number of amides is 1. The third kappa shape index (κ3) is 2.72. The van der Waals surface area contributed by atoms with E-state index >= 15 is 0 Å². The number of halogens is 1. The maximum Gasteiger partial charge on any atom is 0.270 e. The van der Waals surface area contributed by atoms with E-state index in [1.165, 1.54) is 0 Å². The van der Waals surface area contributed by atoms with Gasteiger partial charge in [-0.1, -0.05) is 17.7 Å². The molecule has 0 spiro atoms. The Kier molecular flexibility index (Phi) is 3.84. The SMILES string of the molecule is CN(C)c1ncnc2c1CCN(C(=O)c1cc3c(Cl)cccc3[nH]1)C2. The van der Waals surface area contributed by atoms with Crippen LogP contribution in [0.4, 0.5) is 5.82 Å². The highest BCUT2D eigenvalue weighted by Gasteiger charge is 2.26. The number of H-pyrrole nitrogens is 1. The number of aromatic nitrogens is 3. The molecule has 1 amide bonds. The van der Waals surface area contributed by atoms with Crippen molar-refractivity contribution in [3.05, 3.63) is 52.6 Å². The summed E-state index contributed by atoms with van der Waals surface area (Å²) in [4.78, 5) is 28.6. The van der Waals surface area contributed by atoms with Crippen molar-refractivity contribution in [3.63, 3.8) is 0 Å². The van der Waals surface area contributed by atoms with Crippen molar-refractivity contribution >= 4 is 34.2 Å². The Morgan fingerprint density at radius 1 is 1.32 bits per heavy atom. The number of nitrogens with zero attached hydrogens (tertiary/aromatic N) is 4. The van der Waals surface area contributed by atoms with Crippen LogP contribution in [-0.2, 0) is 13.0 Å². The molecule has 1 aliphatic rings. The number of aromatic amines is 1. The summed E-state index contributed by atoms with van der Waals surface area (Å²) in [6, 6.07) is 7.43. The lowest BCUT2D eigenvalue weighted by molar-refractivity contribution is 0.0727. The van der Waals surface area contributed by atoms with E-state index in [9.17, 15) is 4.79 Å². The Labute approximate surface area is 150 Å². The van der Waals surface area contributed by atoms with Crippen molar-refractivity contribution in [1.29, 1.82) is 0 Å². The van der Waals surface area contributed by atoms with Crippen LogP contribution in [0.1, 0.15) is 21.7 Å². The summed E-state index contributed by atoms with van der Waals surface area (Å²) in [5, 5.41) is 1.50. The number of hydrogen-bond acceptors (Lipinski definition) is 4. The molecule has 2 aromatic heterocycles. The first-order valence-electron chi connectivity index (χ1n) is 8.11. The molecule has 3 heterocycles. The van der Waals surface area contributed by atoms with Crippen LogP contribution in [0.2, 0.25) is 5.02 Å². The van der Waals surface area contributed by atoms with E-state index < -0.39 is 0 Å². The number of hydrogen-bond donors (Lipinski definition) is 1. The molecule has 3 aromatic rings. The van der Waals surface area contributed by atoms with Gasteiger partial charge in [-0.05, 0) is 24.6 Å². The Morgan fingerprint density at radius 3 is 2.92 bits per heavy atom. The number of rotatable bonds is 2. The Morgan fingerprint density at radius 2 is 2.16 bits per heavy atom. The summed E-state index contributed by atoms with van der Waals surface area (Å²) in [7, 11) is 3.93. The molecule has 25 heavy (non-hydrogen) atoms. The molecular weight excluding hydrogens is 338 g/mol. The van der Waals surface area contributed by atoms with Gasteiger partial charge in [0.25, 0.3) is 5.91 Å². The van der Waals surface area contributed by atoms with Gasteiger partial charge in [0.05, 0.1) is 12.2 Å². The van der Waals surface area contributed by atoms with Crippen molar-refractivity contribution in [1.82, 2.24) is 19.9 Å². The molecule has 0 saturated heterocycles. The van der Waals surface area contributed by atoms with Gasteiger partial charge in [0, 0.05) is 42.1 Å². The van der Waals surface area contributed by atoms with E-state index in [2.05, 4.69) is 15.0 Å². The second-order valence-electron chi connectivity index (χ2n) is 6.38. The first kappa shape index (κ1) is 15.9. The van der Waals surface area contributed by atoms with E-state index in [0.717, 1.165) is 34.4 Å². The highest BCUT2D eigenvalue weighted by molar-refractivity contribution is 6.35. The zero-order valence-electron chi connectivity index (χ0n) is 14.1. The maximum atomic E-state index is 12.9. The zero-order chi connectivity index (χ0) is 17.6. The quantitative estimate of drug-likeness (QED) is 0.767. The molecule has 0 fully saturated rings. The van der Waals surface area contributed by atoms with Gasteiger partial charge in [0.1, 0.15) is 17.8 Å². The Hall–Kier alpha value is -2.60. The van der Waals surface area contributed by atoms with Crippen LogP contribution in [0, 0.1) is 0 Å². The fourth-order valence-electron chi connectivity index (χ4n) is 3.30. The minimum Gasteiger partial charge on any atom is -0.362 e. The normalized spacial score (nSPS) is 13.8. The smallest absolute Gasteiger partial charge is 0.270 e. The predicted molar refractivity (Wildman–Crippen MR) is 98.1 cm³/mol. The molecule has 0 aliphatic carbocycles. The van der Waals surface area contributed by atoms with E-state index in [-0.39, 0.29) is 5.91 Å². The van der Waals surface area contributed by atoms with Crippen LogP contribution in [0.15, 0.2) is 30.6 Å². The Bertz CT molecular complexity index is 965. The first-order chi connectivity index (χ1) is 12.0. The highest BCUT2D eigenvalue weighted by Crippen LogP contribution is 2.27. The number of benzene rings is 1. The minimum absolute atomic E-state index is 0.0390. The van der Waals surface area contributed by atoms with Gasteiger partial charge in [0.15, 0.2) is 0 Å². The average Bonchev–Trinajstić information content (AvgIpc) is 3.05. The molecule has 0 bridgehead atoms. The lowest BCUT2D eigenvalue weighted by Crippen LogP contribution is -2.37. The molecule has 4 rings (SSSR count). The van der Waals surface area contributed by atoms with E-state index in [0.29, 0.717) is 23.8 Å². The van der Waals surface area contributed by atoms with Crippen LogP contribution < -0.4 is 4.90 Å². The Balaban J connectivity index is 1.63. The third-order valence-corrected chi connectivity index (χ3v) is 4.87. The molecule has 1 N–H and O–H groups in total. The van der Waals surface area contributed by atoms with Crippen molar-refractivity contribution in [2.24, 2.45) is 0 Å². The minimum atomic E-state index is -0.0390. The zero-order valence-corrected chi connectivity index (χ0v) is 14.8. The lowest BCUT2D eigenvalue weighted by atomic mass is 10.0. The summed E-state index contributed by atoms with van der Waals surface area (Å²) in [5.41, 5.74) is 3.45. The number of anilines is 1. The van der Waals surface area contributed by atoms with E-state index in [4.69, 9.17) is 11.6 Å². The predicted octanol–water partition coefficient (Wildman–Crippen LogP) is 2.88. The second-order valence-corrected chi connectivity index (χ2v) is 6.78. The van der Waals surface area contributed by atoms with Crippen LogP contribution in [0.25, 0.3) is 10.9 Å². The molecule has 7 heteroatoms. The summed E-state index contributed by atoms with van der Waals surface area (Å²) < 4.78 is 0. The van der Waals surface area contributed by atoms with Gasteiger partial charge in [0.2, 0.25) is 0 Å². The summed E-state index contributed by atoms with van der Waals surface area (Å²) >= 11 is 6.21. The molecular formula is C18H18ClN5O. The van der Waals surface area contributed by atoms with Gasteiger partial charge in [-0.15, -0.1) is 0 Å². The molecule has 0 saturated carbocycles. The van der Waals surface area contributed by atoms with Crippen LogP contribution in [0.5, 0.6) is 0 Å². The fourth-order valence-corrected chi connectivity index (χ4v) is 3.53. The van der Waals surface area contributed by atoms with Crippen LogP contribution in [-0.4, -0.2) is 46.4 Å². The monoisotopic (exact) mass is 355 g/mol. The fraction of sp³-hybridized carbons (Fsp3) is 0.278. The molecule has 6 nitrogen and oxygen atoms in total. The number of carbonyl (C=O) groups is 1. The lowest BCUT2D eigenvalue weighted by Gasteiger charge is -2.29. The number of fused-ring (bicyclic) bond motifs is 2.